The van der Waals surface area contributed by atoms with Crippen molar-refractivity contribution in [2.45, 2.75) is 27.4 Å². The molecule has 0 bridgehead atoms. The summed E-state index contributed by atoms with van der Waals surface area (Å²) in [5, 5.41) is 2.24. The van der Waals surface area contributed by atoms with E-state index < -0.39 is 17.8 Å². The normalized spacial score (nSPS) is 14.7. The van der Waals surface area contributed by atoms with Crippen LogP contribution in [0.1, 0.15) is 27.8 Å². The van der Waals surface area contributed by atoms with Crippen LogP contribution in [0.2, 0.25) is 0 Å². The van der Waals surface area contributed by atoms with Crippen LogP contribution >= 0.6 is 31.9 Å². The molecule has 7 nitrogen and oxygen atoms in total. The molecular formula is C28H24Br2N2O5. The van der Waals surface area contributed by atoms with Gasteiger partial charge < -0.3 is 9.47 Å². The first kappa shape index (κ1) is 26.6. The molecular weight excluding hydrogens is 604 g/mol. The zero-order valence-electron chi connectivity index (χ0n) is 20.6. The first-order chi connectivity index (χ1) is 17.6. The Kier molecular flexibility index (Phi) is 7.85. The van der Waals surface area contributed by atoms with Crippen molar-refractivity contribution in [1.29, 1.82) is 0 Å². The van der Waals surface area contributed by atoms with Crippen molar-refractivity contribution in [3.63, 3.8) is 0 Å². The van der Waals surface area contributed by atoms with Gasteiger partial charge in [-0.1, -0.05) is 45.3 Å². The predicted molar refractivity (Wildman–Crippen MR) is 149 cm³/mol. The van der Waals surface area contributed by atoms with Crippen LogP contribution in [0.25, 0.3) is 6.08 Å². The first-order valence-electron chi connectivity index (χ1n) is 11.3. The molecule has 0 atom stereocenters. The van der Waals surface area contributed by atoms with Gasteiger partial charge in [-0.05, 0) is 89.8 Å². The number of imide groups is 2. The van der Waals surface area contributed by atoms with E-state index in [-0.39, 0.29) is 5.57 Å². The number of hydrogen-bond donors (Lipinski definition) is 1. The quantitative estimate of drug-likeness (QED) is 0.253. The average molecular weight is 628 g/mol. The second-order valence-electron chi connectivity index (χ2n) is 8.71. The number of benzene rings is 3. The van der Waals surface area contributed by atoms with Crippen LogP contribution in [0.15, 0.2) is 63.0 Å². The summed E-state index contributed by atoms with van der Waals surface area (Å²) >= 11 is 6.93. The predicted octanol–water partition coefficient (Wildman–Crippen LogP) is 6.39. The third kappa shape index (κ3) is 5.78. The summed E-state index contributed by atoms with van der Waals surface area (Å²) in [5.74, 6) is -0.581. The Labute approximate surface area is 231 Å². The molecule has 0 aliphatic carbocycles. The molecule has 1 saturated heterocycles. The van der Waals surface area contributed by atoms with Gasteiger partial charge in [0.15, 0.2) is 11.5 Å². The van der Waals surface area contributed by atoms with E-state index in [1.54, 1.807) is 30.3 Å². The van der Waals surface area contributed by atoms with Crippen molar-refractivity contribution in [2.75, 3.05) is 12.0 Å². The van der Waals surface area contributed by atoms with Crippen LogP contribution in [0.3, 0.4) is 0 Å². The highest BCUT2D eigenvalue weighted by molar-refractivity contribution is 9.10. The van der Waals surface area contributed by atoms with E-state index in [4.69, 9.17) is 9.47 Å². The number of rotatable bonds is 6. The number of carbonyl (C=O) groups is 3. The maximum atomic E-state index is 13.3. The lowest BCUT2D eigenvalue weighted by molar-refractivity contribution is -0.122. The molecule has 1 aliphatic rings. The van der Waals surface area contributed by atoms with Gasteiger partial charge in [-0.25, -0.2) is 9.69 Å². The fourth-order valence-electron chi connectivity index (χ4n) is 4.10. The molecule has 1 fully saturated rings. The Balaban J connectivity index is 1.65. The molecule has 4 rings (SSSR count). The molecule has 3 aromatic rings. The highest BCUT2D eigenvalue weighted by atomic mass is 79.9. The maximum Gasteiger partial charge on any atom is 0.335 e. The van der Waals surface area contributed by atoms with Crippen molar-refractivity contribution >= 4 is 61.5 Å². The van der Waals surface area contributed by atoms with E-state index in [2.05, 4.69) is 55.4 Å². The highest BCUT2D eigenvalue weighted by Gasteiger charge is 2.37. The smallest absolute Gasteiger partial charge is 0.335 e. The number of methoxy groups -OCH3 is 1. The largest absolute Gasteiger partial charge is 0.493 e. The molecule has 1 heterocycles. The lowest BCUT2D eigenvalue weighted by Crippen LogP contribution is -2.54. The Morgan fingerprint density at radius 3 is 2.27 bits per heavy atom. The number of anilines is 1. The molecule has 0 saturated carbocycles. The molecule has 9 heteroatoms. The van der Waals surface area contributed by atoms with Gasteiger partial charge in [-0.2, -0.15) is 0 Å². The molecule has 0 radical (unpaired) electrons. The molecule has 190 valence electrons. The molecule has 1 N–H and O–H groups in total. The zero-order valence-corrected chi connectivity index (χ0v) is 23.8. The minimum atomic E-state index is -0.803. The van der Waals surface area contributed by atoms with Crippen LogP contribution in [0.4, 0.5) is 10.5 Å². The fourth-order valence-corrected chi connectivity index (χ4v) is 4.92. The second-order valence-corrected chi connectivity index (χ2v) is 10.4. The third-order valence-corrected chi connectivity index (χ3v) is 7.21. The minimum absolute atomic E-state index is 0.182. The van der Waals surface area contributed by atoms with Gasteiger partial charge in [0.05, 0.1) is 17.3 Å². The van der Waals surface area contributed by atoms with Crippen LogP contribution < -0.4 is 19.7 Å². The number of ether oxygens (including phenoxy) is 2. The van der Waals surface area contributed by atoms with E-state index in [0.29, 0.717) is 33.8 Å². The molecule has 0 aromatic heterocycles. The SMILES string of the molecule is COc1cc(/C=C2/C(=O)NC(=O)N(c3ccc(Br)c(C)c3)C2=O)cc(Br)c1OCc1cc(C)cc(C)c1. The Hall–Kier alpha value is -3.43. The number of amides is 4. The van der Waals surface area contributed by atoms with Crippen molar-refractivity contribution in [2.24, 2.45) is 0 Å². The third-order valence-electron chi connectivity index (χ3n) is 5.73. The number of urea groups is 1. The van der Waals surface area contributed by atoms with Gasteiger partial charge in [0.1, 0.15) is 12.2 Å². The van der Waals surface area contributed by atoms with Gasteiger partial charge in [0.25, 0.3) is 11.8 Å². The average Bonchev–Trinajstić information content (AvgIpc) is 2.82. The molecule has 0 unspecified atom stereocenters. The lowest BCUT2D eigenvalue weighted by atomic mass is 10.1. The molecule has 3 aromatic carbocycles. The number of nitrogens with one attached hydrogen (secondary N) is 1. The maximum absolute atomic E-state index is 13.3. The Bertz CT molecular complexity index is 1440. The summed E-state index contributed by atoms with van der Waals surface area (Å²) in [4.78, 5) is 39.4. The van der Waals surface area contributed by atoms with E-state index in [1.165, 1.54) is 13.2 Å². The van der Waals surface area contributed by atoms with Crippen LogP contribution in [0.5, 0.6) is 11.5 Å². The van der Waals surface area contributed by atoms with Crippen LogP contribution in [0, 0.1) is 20.8 Å². The van der Waals surface area contributed by atoms with Crippen LogP contribution in [-0.2, 0) is 16.2 Å². The van der Waals surface area contributed by atoms with Crippen molar-refractivity contribution in [1.82, 2.24) is 5.32 Å². The van der Waals surface area contributed by atoms with Gasteiger partial charge in [0.2, 0.25) is 0 Å². The number of carbonyl (C=O) groups excluding carboxylic acids is 3. The van der Waals surface area contributed by atoms with Crippen LogP contribution in [-0.4, -0.2) is 25.0 Å². The number of hydrogen-bond acceptors (Lipinski definition) is 5. The van der Waals surface area contributed by atoms with E-state index in [1.807, 2.05) is 20.8 Å². The number of barbiturate groups is 1. The number of halogens is 2. The summed E-state index contributed by atoms with van der Waals surface area (Å²) in [6.45, 7) is 6.24. The number of aryl methyl sites for hydroxylation is 3. The van der Waals surface area contributed by atoms with E-state index in [9.17, 15) is 14.4 Å². The Morgan fingerprint density at radius 2 is 1.62 bits per heavy atom. The van der Waals surface area contributed by atoms with E-state index in [0.717, 1.165) is 31.6 Å². The fraction of sp³-hybridized carbons (Fsp3) is 0.179. The zero-order chi connectivity index (χ0) is 26.9. The van der Waals surface area contributed by atoms with Crippen molar-refractivity contribution in [3.05, 3.63) is 90.9 Å². The molecule has 37 heavy (non-hydrogen) atoms. The monoisotopic (exact) mass is 626 g/mol. The topological polar surface area (TPSA) is 84.9 Å². The van der Waals surface area contributed by atoms with E-state index >= 15 is 0 Å². The summed E-state index contributed by atoms with van der Waals surface area (Å²) in [6.07, 6.45) is 1.42. The Morgan fingerprint density at radius 1 is 0.919 bits per heavy atom. The van der Waals surface area contributed by atoms with Gasteiger partial charge in [0, 0.05) is 4.47 Å². The van der Waals surface area contributed by atoms with Crippen molar-refractivity contribution in [3.8, 4) is 11.5 Å². The summed E-state index contributed by atoms with van der Waals surface area (Å²) in [6, 6.07) is 13.8. The standard InChI is InChI=1S/C28H24Br2N2O5/c1-15-7-16(2)9-19(8-15)14-37-25-23(30)12-18(13-24(25)36-4)11-21-26(33)31-28(35)32(27(21)34)20-5-6-22(29)17(3)10-20/h5-13H,14H2,1-4H3,(H,31,33,35)/b21-11-. The highest BCUT2D eigenvalue weighted by Crippen LogP contribution is 2.38. The van der Waals surface area contributed by atoms with Crippen molar-refractivity contribution < 1.29 is 23.9 Å². The van der Waals surface area contributed by atoms with Gasteiger partial charge in [-0.15, -0.1) is 0 Å². The summed E-state index contributed by atoms with van der Waals surface area (Å²) < 4.78 is 13.0. The molecule has 4 amide bonds. The summed E-state index contributed by atoms with van der Waals surface area (Å²) in [7, 11) is 1.51. The number of nitrogens with zero attached hydrogens (tertiary/aromatic N) is 1. The minimum Gasteiger partial charge on any atom is -0.493 e. The lowest BCUT2D eigenvalue weighted by Gasteiger charge is -2.26. The molecule has 0 spiro atoms. The second kappa shape index (κ2) is 10.9. The molecule has 1 aliphatic heterocycles. The van der Waals surface area contributed by atoms with Gasteiger partial charge >= 0.3 is 6.03 Å². The first-order valence-corrected chi connectivity index (χ1v) is 12.9. The van der Waals surface area contributed by atoms with Gasteiger partial charge in [-0.3, -0.25) is 14.9 Å². The summed E-state index contributed by atoms with van der Waals surface area (Å²) in [5.41, 5.74) is 4.84.